The number of nitrogens with zero attached hydrogens (tertiary/aromatic N) is 4. The molecule has 0 amide bonds. The highest BCUT2D eigenvalue weighted by Gasteiger charge is 2.15. The van der Waals surface area contributed by atoms with Gasteiger partial charge in [-0.05, 0) is 25.1 Å². The van der Waals surface area contributed by atoms with E-state index in [0.717, 1.165) is 17.0 Å². The first kappa shape index (κ1) is 16.3. The van der Waals surface area contributed by atoms with Gasteiger partial charge in [0.1, 0.15) is 0 Å². The maximum atomic E-state index is 12.5. The highest BCUT2D eigenvalue weighted by Crippen LogP contribution is 2.21. The molecule has 0 saturated heterocycles. The van der Waals surface area contributed by atoms with Crippen LogP contribution in [0.3, 0.4) is 0 Å². The topological polar surface area (TPSA) is 89.8 Å². The van der Waals surface area contributed by atoms with E-state index in [2.05, 4.69) is 19.8 Å². The van der Waals surface area contributed by atoms with Crippen molar-refractivity contribution < 1.29 is 8.42 Å². The second-order valence-corrected chi connectivity index (χ2v) is 7.11. The average Bonchev–Trinajstić information content (AvgIpc) is 3.01. The Morgan fingerprint density at radius 2 is 2.00 bits per heavy atom. The minimum Gasteiger partial charge on any atom is -0.268 e. The molecule has 0 unspecified atom stereocenters. The van der Waals surface area contributed by atoms with Crippen molar-refractivity contribution in [3.05, 3.63) is 60.3 Å². The monoisotopic (exact) mass is 343 g/mol. The zero-order chi connectivity index (χ0) is 17.2. The van der Waals surface area contributed by atoms with E-state index in [1.165, 1.54) is 0 Å². The number of hydrogen-bond acceptors (Lipinski definition) is 5. The van der Waals surface area contributed by atoms with Crippen molar-refractivity contribution in [3.63, 3.8) is 0 Å². The summed E-state index contributed by atoms with van der Waals surface area (Å²) in [7, 11) is -1.83. The summed E-state index contributed by atoms with van der Waals surface area (Å²) < 4.78 is 29.2. The van der Waals surface area contributed by atoms with Gasteiger partial charge in [0.05, 0.1) is 34.7 Å². The standard InChI is InChI=1S/C16H17N5O2S/c1-12-9-18-14(10-17-12)11-20-24(22,23)15-5-3-4-13(8-15)16-6-7-19-21(16)2/h3-10,20H,11H2,1-2H3. The quantitative estimate of drug-likeness (QED) is 0.761. The van der Waals surface area contributed by atoms with Crippen molar-refractivity contribution in [2.75, 3.05) is 0 Å². The van der Waals surface area contributed by atoms with Crippen LogP contribution in [0.4, 0.5) is 0 Å². The Hall–Kier alpha value is -2.58. The number of benzene rings is 1. The van der Waals surface area contributed by atoms with Crippen molar-refractivity contribution in [2.45, 2.75) is 18.4 Å². The van der Waals surface area contributed by atoms with Gasteiger partial charge >= 0.3 is 0 Å². The lowest BCUT2D eigenvalue weighted by molar-refractivity contribution is 0.580. The maximum absolute atomic E-state index is 12.5. The van der Waals surface area contributed by atoms with E-state index in [1.807, 2.05) is 26.1 Å². The van der Waals surface area contributed by atoms with Crippen LogP contribution in [0.25, 0.3) is 11.3 Å². The molecule has 2 heterocycles. The molecule has 3 aromatic rings. The second-order valence-electron chi connectivity index (χ2n) is 5.34. The molecule has 0 atom stereocenters. The molecule has 0 aliphatic rings. The summed E-state index contributed by atoms with van der Waals surface area (Å²) in [5.74, 6) is 0. The molecule has 0 saturated carbocycles. The lowest BCUT2D eigenvalue weighted by atomic mass is 10.1. The van der Waals surface area contributed by atoms with Crippen LogP contribution >= 0.6 is 0 Å². The highest BCUT2D eigenvalue weighted by molar-refractivity contribution is 7.89. The van der Waals surface area contributed by atoms with E-state index in [1.54, 1.807) is 41.5 Å². The zero-order valence-corrected chi connectivity index (χ0v) is 14.2. The Morgan fingerprint density at radius 3 is 2.67 bits per heavy atom. The first-order valence-electron chi connectivity index (χ1n) is 7.31. The second kappa shape index (κ2) is 6.50. The smallest absolute Gasteiger partial charge is 0.240 e. The van der Waals surface area contributed by atoms with Gasteiger partial charge in [0.2, 0.25) is 10.0 Å². The number of nitrogens with one attached hydrogen (secondary N) is 1. The zero-order valence-electron chi connectivity index (χ0n) is 13.3. The van der Waals surface area contributed by atoms with E-state index in [4.69, 9.17) is 0 Å². The third-order valence-electron chi connectivity index (χ3n) is 3.54. The van der Waals surface area contributed by atoms with Gasteiger partial charge in [-0.1, -0.05) is 12.1 Å². The van der Waals surface area contributed by atoms with Crippen molar-refractivity contribution in [3.8, 4) is 11.3 Å². The number of aryl methyl sites for hydroxylation is 2. The molecule has 0 bridgehead atoms. The van der Waals surface area contributed by atoms with Crippen LogP contribution in [0.2, 0.25) is 0 Å². The number of aromatic nitrogens is 4. The lowest BCUT2D eigenvalue weighted by Crippen LogP contribution is -2.23. The lowest BCUT2D eigenvalue weighted by Gasteiger charge is -2.08. The highest BCUT2D eigenvalue weighted by atomic mass is 32.2. The molecule has 1 N–H and O–H groups in total. The third-order valence-corrected chi connectivity index (χ3v) is 4.94. The van der Waals surface area contributed by atoms with E-state index >= 15 is 0 Å². The van der Waals surface area contributed by atoms with Crippen LogP contribution in [0.15, 0.2) is 53.8 Å². The average molecular weight is 343 g/mol. The molecule has 24 heavy (non-hydrogen) atoms. The fraction of sp³-hybridized carbons (Fsp3) is 0.188. The van der Waals surface area contributed by atoms with Gasteiger partial charge in [-0.25, -0.2) is 13.1 Å². The van der Waals surface area contributed by atoms with Gasteiger partial charge in [-0.3, -0.25) is 14.6 Å². The van der Waals surface area contributed by atoms with Crippen LogP contribution < -0.4 is 4.72 Å². The molecule has 0 spiro atoms. The fourth-order valence-electron chi connectivity index (χ4n) is 2.24. The van der Waals surface area contributed by atoms with Crippen molar-refractivity contribution in [1.29, 1.82) is 0 Å². The summed E-state index contributed by atoms with van der Waals surface area (Å²) >= 11 is 0. The molecule has 2 aromatic heterocycles. The van der Waals surface area contributed by atoms with Gasteiger partial charge in [-0.15, -0.1) is 0 Å². The number of rotatable bonds is 5. The number of hydrogen-bond donors (Lipinski definition) is 1. The van der Waals surface area contributed by atoms with Crippen LogP contribution in [0, 0.1) is 6.92 Å². The predicted molar refractivity (Wildman–Crippen MR) is 89.4 cm³/mol. The fourth-order valence-corrected chi connectivity index (χ4v) is 3.29. The SMILES string of the molecule is Cc1cnc(CNS(=O)(=O)c2cccc(-c3ccnn3C)c2)cn1. The Kier molecular flexibility index (Phi) is 4.41. The van der Waals surface area contributed by atoms with Crippen LogP contribution in [-0.4, -0.2) is 28.2 Å². The molecule has 0 fully saturated rings. The predicted octanol–water partition coefficient (Wildman–Crippen LogP) is 1.66. The largest absolute Gasteiger partial charge is 0.268 e. The summed E-state index contributed by atoms with van der Waals surface area (Å²) in [5.41, 5.74) is 2.97. The molecule has 3 rings (SSSR count). The molecule has 1 aromatic carbocycles. The number of sulfonamides is 1. The van der Waals surface area contributed by atoms with Crippen LogP contribution in [0.5, 0.6) is 0 Å². The van der Waals surface area contributed by atoms with Gasteiger partial charge in [0, 0.05) is 25.0 Å². The Labute approximate surface area is 140 Å². The normalized spacial score (nSPS) is 11.6. The van der Waals surface area contributed by atoms with Gasteiger partial charge in [-0.2, -0.15) is 5.10 Å². The molecule has 8 heteroatoms. The summed E-state index contributed by atoms with van der Waals surface area (Å²) in [6.07, 6.45) is 4.83. The third kappa shape index (κ3) is 3.50. The van der Waals surface area contributed by atoms with Crippen LogP contribution in [0.1, 0.15) is 11.4 Å². The molecular weight excluding hydrogens is 326 g/mol. The van der Waals surface area contributed by atoms with E-state index in [-0.39, 0.29) is 11.4 Å². The Morgan fingerprint density at radius 1 is 1.17 bits per heavy atom. The minimum atomic E-state index is -3.64. The van der Waals surface area contributed by atoms with Crippen LogP contribution in [-0.2, 0) is 23.6 Å². The summed E-state index contributed by atoms with van der Waals surface area (Å²) in [4.78, 5) is 8.44. The summed E-state index contributed by atoms with van der Waals surface area (Å²) in [6, 6.07) is 8.58. The Balaban J connectivity index is 1.82. The molecule has 0 aliphatic heterocycles. The molecule has 124 valence electrons. The summed E-state index contributed by atoms with van der Waals surface area (Å²) in [6.45, 7) is 1.91. The molecule has 0 radical (unpaired) electrons. The minimum absolute atomic E-state index is 0.0888. The molecule has 0 aliphatic carbocycles. The van der Waals surface area contributed by atoms with Gasteiger partial charge in [0.15, 0.2) is 0 Å². The molecule has 7 nitrogen and oxygen atoms in total. The Bertz CT molecular complexity index is 949. The summed E-state index contributed by atoms with van der Waals surface area (Å²) in [5, 5.41) is 4.10. The molecular formula is C16H17N5O2S. The maximum Gasteiger partial charge on any atom is 0.240 e. The van der Waals surface area contributed by atoms with Gasteiger partial charge in [0.25, 0.3) is 0 Å². The first-order valence-corrected chi connectivity index (χ1v) is 8.80. The van der Waals surface area contributed by atoms with Gasteiger partial charge < -0.3 is 0 Å². The van der Waals surface area contributed by atoms with E-state index < -0.39 is 10.0 Å². The first-order chi connectivity index (χ1) is 11.5. The van der Waals surface area contributed by atoms with E-state index in [0.29, 0.717) is 5.69 Å². The van der Waals surface area contributed by atoms with E-state index in [9.17, 15) is 8.42 Å². The van der Waals surface area contributed by atoms with Crippen molar-refractivity contribution in [1.82, 2.24) is 24.5 Å². The van der Waals surface area contributed by atoms with Crippen molar-refractivity contribution >= 4 is 10.0 Å². The van der Waals surface area contributed by atoms with Crippen molar-refractivity contribution in [2.24, 2.45) is 7.05 Å².